The van der Waals surface area contributed by atoms with Crippen molar-refractivity contribution in [2.45, 2.75) is 81.9 Å². The highest BCUT2D eigenvalue weighted by atomic mass is 32.2. The number of imide groups is 1. The van der Waals surface area contributed by atoms with Gasteiger partial charge in [-0.25, -0.2) is 0 Å². The lowest BCUT2D eigenvalue weighted by atomic mass is 9.95. The standard InChI is InChI=1S/C29H37NO6SSi/c1-7-37-28-22(30-25(31)19-15-11-12-16-20(19)26(30)32)24(36-38(5,6)29(2,3)4)23-21(34-28)17-33-27(35-23)18-13-9-8-10-14-18/h8-16,21-24,27-28H,7,17H2,1-6H3/t21-,22-,23-,24-,27-,28+/m1/s1. The van der Waals surface area contributed by atoms with Crippen molar-refractivity contribution in [1.82, 2.24) is 4.90 Å². The maximum atomic E-state index is 13.7. The minimum Gasteiger partial charge on any atom is -0.409 e. The molecule has 7 nitrogen and oxygen atoms in total. The fraction of sp³-hybridized carbons (Fsp3) is 0.517. The Kier molecular flexibility index (Phi) is 7.63. The van der Waals surface area contributed by atoms with Crippen LogP contribution in [0.5, 0.6) is 0 Å². The molecule has 3 aliphatic heterocycles. The van der Waals surface area contributed by atoms with Gasteiger partial charge in [0.1, 0.15) is 23.7 Å². The molecule has 3 heterocycles. The summed E-state index contributed by atoms with van der Waals surface area (Å²) in [6.45, 7) is 13.3. The summed E-state index contributed by atoms with van der Waals surface area (Å²) in [5, 5.41) is -0.0925. The molecule has 9 heteroatoms. The molecule has 2 aromatic rings. The Morgan fingerprint density at radius 2 is 1.58 bits per heavy atom. The molecule has 2 fully saturated rings. The van der Waals surface area contributed by atoms with Crippen LogP contribution < -0.4 is 0 Å². The van der Waals surface area contributed by atoms with Gasteiger partial charge in [0.05, 0.1) is 23.8 Å². The zero-order valence-corrected chi connectivity index (χ0v) is 24.7. The number of rotatable bonds is 6. The molecule has 0 aromatic heterocycles. The lowest BCUT2D eigenvalue weighted by molar-refractivity contribution is -0.307. The molecular weight excluding hydrogens is 518 g/mol. The van der Waals surface area contributed by atoms with E-state index in [1.165, 1.54) is 4.90 Å². The summed E-state index contributed by atoms with van der Waals surface area (Å²) < 4.78 is 26.4. The third kappa shape index (κ3) is 4.89. The Bertz CT molecular complexity index is 1150. The molecule has 0 aliphatic carbocycles. The smallest absolute Gasteiger partial charge is 0.262 e. The molecule has 2 amide bonds. The minimum atomic E-state index is -2.37. The molecule has 38 heavy (non-hydrogen) atoms. The van der Waals surface area contributed by atoms with E-state index in [1.54, 1.807) is 36.0 Å². The Morgan fingerprint density at radius 1 is 0.974 bits per heavy atom. The van der Waals surface area contributed by atoms with Gasteiger partial charge < -0.3 is 18.6 Å². The molecule has 0 unspecified atom stereocenters. The first-order valence-electron chi connectivity index (χ1n) is 13.3. The monoisotopic (exact) mass is 555 g/mol. The number of fused-ring (bicyclic) bond motifs is 2. The van der Waals surface area contributed by atoms with Gasteiger partial charge in [-0.05, 0) is 36.0 Å². The highest BCUT2D eigenvalue weighted by Gasteiger charge is 2.58. The topological polar surface area (TPSA) is 74.3 Å². The fourth-order valence-electron chi connectivity index (χ4n) is 5.04. The molecule has 0 N–H and O–H groups in total. The molecule has 6 atom stereocenters. The maximum Gasteiger partial charge on any atom is 0.262 e. The van der Waals surface area contributed by atoms with Crippen molar-refractivity contribution in [3.63, 3.8) is 0 Å². The van der Waals surface area contributed by atoms with Gasteiger partial charge in [-0.15, -0.1) is 11.8 Å². The van der Waals surface area contributed by atoms with E-state index in [2.05, 4.69) is 33.9 Å². The van der Waals surface area contributed by atoms with Gasteiger partial charge in [0, 0.05) is 5.56 Å². The summed E-state index contributed by atoms with van der Waals surface area (Å²) in [7, 11) is -2.37. The van der Waals surface area contributed by atoms with E-state index in [4.69, 9.17) is 18.6 Å². The molecule has 3 aliphatic rings. The Labute approximate surface area is 230 Å². The van der Waals surface area contributed by atoms with Gasteiger partial charge in [-0.2, -0.15) is 0 Å². The number of ether oxygens (including phenoxy) is 3. The van der Waals surface area contributed by atoms with Gasteiger partial charge in [-0.1, -0.05) is 70.2 Å². The van der Waals surface area contributed by atoms with Crippen LogP contribution in [0.25, 0.3) is 0 Å². The normalized spacial score (nSPS) is 29.8. The van der Waals surface area contributed by atoms with Crippen molar-refractivity contribution in [1.29, 1.82) is 0 Å². The van der Waals surface area contributed by atoms with E-state index < -0.39 is 38.3 Å². The van der Waals surface area contributed by atoms with Crippen LogP contribution in [0.3, 0.4) is 0 Å². The summed E-state index contributed by atoms with van der Waals surface area (Å²) in [5.41, 5.74) is 1.26. The summed E-state index contributed by atoms with van der Waals surface area (Å²) in [6, 6.07) is 16.1. The molecule has 0 bridgehead atoms. The van der Waals surface area contributed by atoms with Crippen molar-refractivity contribution >= 4 is 31.9 Å². The van der Waals surface area contributed by atoms with Crippen LogP contribution in [0.4, 0.5) is 0 Å². The number of benzene rings is 2. The molecule has 2 aromatic carbocycles. The third-order valence-electron chi connectivity index (χ3n) is 8.07. The first-order chi connectivity index (χ1) is 18.0. The second-order valence-corrected chi connectivity index (χ2v) is 17.7. The van der Waals surface area contributed by atoms with Crippen LogP contribution in [-0.2, 0) is 18.6 Å². The van der Waals surface area contributed by atoms with Crippen LogP contribution in [-0.4, -0.2) is 67.2 Å². The average Bonchev–Trinajstić information content (AvgIpc) is 3.14. The summed E-state index contributed by atoms with van der Waals surface area (Å²) >= 11 is 1.58. The molecule has 0 radical (unpaired) electrons. The van der Waals surface area contributed by atoms with Crippen molar-refractivity contribution in [3.05, 3.63) is 71.3 Å². The van der Waals surface area contributed by atoms with Crippen molar-refractivity contribution < 1.29 is 28.2 Å². The van der Waals surface area contributed by atoms with E-state index in [0.29, 0.717) is 17.7 Å². The lowest BCUT2D eigenvalue weighted by Gasteiger charge is -2.53. The van der Waals surface area contributed by atoms with E-state index in [-0.39, 0.29) is 23.0 Å². The maximum absolute atomic E-state index is 13.7. The van der Waals surface area contributed by atoms with Crippen LogP contribution in [0.1, 0.15) is 60.3 Å². The van der Waals surface area contributed by atoms with Gasteiger partial charge in [0.15, 0.2) is 14.6 Å². The Balaban J connectivity index is 1.58. The van der Waals surface area contributed by atoms with Crippen LogP contribution in [0.2, 0.25) is 18.1 Å². The van der Waals surface area contributed by atoms with Crippen LogP contribution in [0.15, 0.2) is 54.6 Å². The summed E-state index contributed by atoms with van der Waals surface area (Å²) in [6.07, 6.45) is -2.08. The van der Waals surface area contributed by atoms with Crippen molar-refractivity contribution in [3.8, 4) is 0 Å². The number of hydrogen-bond donors (Lipinski definition) is 0. The van der Waals surface area contributed by atoms with Crippen molar-refractivity contribution in [2.24, 2.45) is 0 Å². The van der Waals surface area contributed by atoms with E-state index in [0.717, 1.165) is 11.3 Å². The number of hydrogen-bond acceptors (Lipinski definition) is 7. The number of carbonyl (C=O) groups excluding carboxylic acids is 2. The first kappa shape index (κ1) is 27.5. The fourth-order valence-corrected chi connectivity index (χ4v) is 7.37. The highest BCUT2D eigenvalue weighted by molar-refractivity contribution is 7.99. The number of thioether (sulfide) groups is 1. The van der Waals surface area contributed by atoms with Gasteiger partial charge in [0.2, 0.25) is 0 Å². The number of carbonyl (C=O) groups is 2. The predicted molar refractivity (Wildman–Crippen MR) is 150 cm³/mol. The molecular formula is C29H37NO6SSi. The average molecular weight is 556 g/mol. The molecule has 0 spiro atoms. The number of amides is 2. The SMILES string of the molecule is CCS[C@@H]1O[C@@H]2CO[C@@H](c3ccccc3)O[C@H]2[C@H](O[Si](C)(C)C(C)(C)C)[C@H]1N1C(=O)c2ccccc2C1=O. The third-order valence-corrected chi connectivity index (χ3v) is 13.6. The van der Waals surface area contributed by atoms with Gasteiger partial charge in [-0.3, -0.25) is 14.5 Å². The van der Waals surface area contributed by atoms with Gasteiger partial charge in [0.25, 0.3) is 11.8 Å². The van der Waals surface area contributed by atoms with Gasteiger partial charge >= 0.3 is 0 Å². The number of nitrogens with zero attached hydrogens (tertiary/aromatic N) is 1. The summed E-state index contributed by atoms with van der Waals surface area (Å²) in [5.74, 6) is 0.132. The molecule has 2 saturated heterocycles. The zero-order valence-electron chi connectivity index (χ0n) is 22.9. The largest absolute Gasteiger partial charge is 0.409 e. The summed E-state index contributed by atoms with van der Waals surface area (Å²) in [4.78, 5) is 28.9. The molecule has 0 saturated carbocycles. The van der Waals surface area contributed by atoms with E-state index >= 15 is 0 Å². The second-order valence-electron chi connectivity index (χ2n) is 11.5. The minimum absolute atomic E-state index is 0.0925. The predicted octanol–water partition coefficient (Wildman–Crippen LogP) is 5.63. The van der Waals surface area contributed by atoms with Crippen LogP contribution in [0, 0.1) is 0 Å². The van der Waals surface area contributed by atoms with Crippen molar-refractivity contribution in [2.75, 3.05) is 12.4 Å². The highest BCUT2D eigenvalue weighted by Crippen LogP contribution is 2.45. The van der Waals surface area contributed by atoms with E-state index in [1.807, 2.05) is 37.3 Å². The Hall–Kier alpha value is -2.01. The van der Waals surface area contributed by atoms with E-state index in [9.17, 15) is 9.59 Å². The molecule has 5 rings (SSSR count). The van der Waals surface area contributed by atoms with Crippen LogP contribution >= 0.6 is 11.8 Å². The lowest BCUT2D eigenvalue weighted by Crippen LogP contribution is -2.69. The molecule has 204 valence electrons. The Morgan fingerprint density at radius 3 is 2.16 bits per heavy atom. The first-order valence-corrected chi connectivity index (χ1v) is 17.2. The zero-order chi connectivity index (χ0) is 27.2. The second kappa shape index (κ2) is 10.5. The quantitative estimate of drug-likeness (QED) is 0.338.